The number of hydrogen-bond acceptors (Lipinski definition) is 8. The number of phenolic OH excluding ortho intramolecular Hbond substituents is 2. The van der Waals surface area contributed by atoms with Gasteiger partial charge in [-0.25, -0.2) is 0 Å². The standard InChI is InChI=1S/C32H40N4O4/c1-5-9-11-19(7-3)17-35-29-21(15-33)22(16-34)30(36-18-20(8-4)12-10-6-2)28-27(29)31(39)25-23(37)13-14-24(38)26(25)32(28)40/h13-14,19-20,35-38H,5-12,17-18H2,1-4H3. The van der Waals surface area contributed by atoms with Gasteiger partial charge in [-0.15, -0.1) is 0 Å². The number of anilines is 2. The zero-order valence-corrected chi connectivity index (χ0v) is 24.0. The molecule has 0 spiro atoms. The molecular weight excluding hydrogens is 504 g/mol. The Bertz CT molecular complexity index is 1250. The monoisotopic (exact) mass is 544 g/mol. The van der Waals surface area contributed by atoms with Crippen molar-refractivity contribution in [3.63, 3.8) is 0 Å². The lowest BCUT2D eigenvalue weighted by molar-refractivity contribution is 0.0975. The zero-order valence-electron chi connectivity index (χ0n) is 24.0. The Morgan fingerprint density at radius 3 is 1.38 bits per heavy atom. The maximum Gasteiger partial charge on any atom is 0.200 e. The van der Waals surface area contributed by atoms with Gasteiger partial charge in [0, 0.05) is 13.1 Å². The van der Waals surface area contributed by atoms with Gasteiger partial charge in [-0.3, -0.25) is 9.59 Å². The minimum Gasteiger partial charge on any atom is -0.507 e. The number of hydrogen-bond donors (Lipinski definition) is 4. The molecule has 0 bridgehead atoms. The third-order valence-corrected chi connectivity index (χ3v) is 8.01. The molecule has 2 atom stereocenters. The Labute approximate surface area is 237 Å². The first-order valence-corrected chi connectivity index (χ1v) is 14.4. The number of benzene rings is 2. The summed E-state index contributed by atoms with van der Waals surface area (Å²) in [6.07, 6.45) is 7.81. The van der Waals surface area contributed by atoms with Crippen LogP contribution in [0.2, 0.25) is 0 Å². The van der Waals surface area contributed by atoms with Crippen LogP contribution in [-0.4, -0.2) is 34.9 Å². The van der Waals surface area contributed by atoms with Gasteiger partial charge in [0.2, 0.25) is 11.6 Å². The molecule has 4 N–H and O–H groups in total. The molecule has 0 heterocycles. The van der Waals surface area contributed by atoms with Crippen LogP contribution in [0, 0.1) is 34.5 Å². The van der Waals surface area contributed by atoms with Crippen molar-refractivity contribution < 1.29 is 19.8 Å². The molecule has 2 aromatic rings. The van der Waals surface area contributed by atoms with Crippen molar-refractivity contribution in [3.8, 4) is 23.6 Å². The minimum absolute atomic E-state index is 0.0139. The molecular formula is C32H40N4O4. The highest BCUT2D eigenvalue weighted by molar-refractivity contribution is 6.34. The number of carbonyl (C=O) groups excluding carboxylic acids is 2. The topological polar surface area (TPSA) is 146 Å². The van der Waals surface area contributed by atoms with Gasteiger partial charge in [-0.1, -0.05) is 66.2 Å². The van der Waals surface area contributed by atoms with E-state index in [0.717, 1.165) is 51.4 Å². The van der Waals surface area contributed by atoms with Crippen LogP contribution in [0.15, 0.2) is 12.1 Å². The van der Waals surface area contributed by atoms with Crippen LogP contribution in [0.1, 0.15) is 122 Å². The van der Waals surface area contributed by atoms with Gasteiger partial charge in [-0.05, 0) is 36.8 Å². The van der Waals surface area contributed by atoms with E-state index in [2.05, 4.69) is 50.5 Å². The molecule has 40 heavy (non-hydrogen) atoms. The number of carbonyl (C=O) groups is 2. The summed E-state index contributed by atoms with van der Waals surface area (Å²) in [6, 6.07) is 6.56. The van der Waals surface area contributed by atoms with Gasteiger partial charge in [0.05, 0.1) is 44.8 Å². The summed E-state index contributed by atoms with van der Waals surface area (Å²) >= 11 is 0. The normalized spacial score (nSPS) is 13.6. The van der Waals surface area contributed by atoms with Crippen molar-refractivity contribution in [2.45, 2.75) is 79.1 Å². The molecule has 2 unspecified atom stereocenters. The van der Waals surface area contributed by atoms with E-state index in [4.69, 9.17) is 0 Å². The quantitative estimate of drug-likeness (QED) is 0.161. The second-order valence-electron chi connectivity index (χ2n) is 10.6. The number of nitrogens with one attached hydrogen (secondary N) is 2. The Balaban J connectivity index is 2.27. The number of aromatic hydroxyl groups is 2. The molecule has 0 aliphatic heterocycles. The first kappa shape index (κ1) is 30.5. The van der Waals surface area contributed by atoms with E-state index in [9.17, 15) is 30.3 Å². The SMILES string of the molecule is CCCCC(CC)CNc1c(C#N)c(C#N)c(NCC(CC)CCCC)c2c1C(=O)c1c(O)ccc(O)c1C2=O. The van der Waals surface area contributed by atoms with E-state index < -0.39 is 23.1 Å². The Morgan fingerprint density at radius 2 is 1.07 bits per heavy atom. The number of rotatable bonds is 14. The van der Waals surface area contributed by atoms with Crippen LogP contribution in [-0.2, 0) is 0 Å². The van der Waals surface area contributed by atoms with E-state index >= 15 is 0 Å². The maximum atomic E-state index is 14.0. The van der Waals surface area contributed by atoms with Crippen molar-refractivity contribution in [2.24, 2.45) is 11.8 Å². The Morgan fingerprint density at radius 1 is 0.700 bits per heavy atom. The lowest BCUT2D eigenvalue weighted by Crippen LogP contribution is -2.28. The first-order valence-electron chi connectivity index (χ1n) is 14.4. The van der Waals surface area contributed by atoms with Crippen molar-refractivity contribution in [1.29, 1.82) is 10.5 Å². The van der Waals surface area contributed by atoms with Crippen LogP contribution in [0.5, 0.6) is 11.5 Å². The molecule has 0 saturated heterocycles. The number of ketones is 2. The summed E-state index contributed by atoms with van der Waals surface area (Å²) in [4.78, 5) is 28.0. The van der Waals surface area contributed by atoms with Crippen molar-refractivity contribution in [2.75, 3.05) is 23.7 Å². The fourth-order valence-electron chi connectivity index (χ4n) is 5.45. The van der Waals surface area contributed by atoms with Gasteiger partial charge in [0.25, 0.3) is 0 Å². The summed E-state index contributed by atoms with van der Waals surface area (Å²) in [7, 11) is 0. The zero-order chi connectivity index (χ0) is 29.4. The summed E-state index contributed by atoms with van der Waals surface area (Å²) < 4.78 is 0. The highest BCUT2D eigenvalue weighted by atomic mass is 16.3. The molecule has 0 saturated carbocycles. The van der Waals surface area contributed by atoms with Crippen molar-refractivity contribution >= 4 is 22.9 Å². The van der Waals surface area contributed by atoms with Gasteiger partial charge in [0.1, 0.15) is 23.6 Å². The average Bonchev–Trinajstić information content (AvgIpc) is 2.96. The fourth-order valence-corrected chi connectivity index (χ4v) is 5.45. The number of fused-ring (bicyclic) bond motifs is 2. The van der Waals surface area contributed by atoms with Crippen LogP contribution in [0.25, 0.3) is 0 Å². The largest absolute Gasteiger partial charge is 0.507 e. The molecule has 8 nitrogen and oxygen atoms in total. The first-order chi connectivity index (χ1) is 19.3. The number of unbranched alkanes of at least 4 members (excludes halogenated alkanes) is 2. The molecule has 1 aliphatic carbocycles. The molecule has 212 valence electrons. The molecule has 0 radical (unpaired) electrons. The van der Waals surface area contributed by atoms with Crippen molar-refractivity contribution in [3.05, 3.63) is 45.5 Å². The third-order valence-electron chi connectivity index (χ3n) is 8.01. The fraction of sp³-hybridized carbons (Fsp3) is 0.500. The van der Waals surface area contributed by atoms with E-state index in [1.54, 1.807) is 0 Å². The van der Waals surface area contributed by atoms with Crippen LogP contribution in [0.4, 0.5) is 11.4 Å². The number of nitriles is 2. The molecule has 8 heteroatoms. The highest BCUT2D eigenvalue weighted by Crippen LogP contribution is 2.45. The predicted octanol–water partition coefficient (Wildman–Crippen LogP) is 6.87. The molecule has 0 amide bonds. The number of nitrogens with zero attached hydrogens (tertiary/aromatic N) is 2. The van der Waals surface area contributed by atoms with Gasteiger partial charge < -0.3 is 20.8 Å². The smallest absolute Gasteiger partial charge is 0.200 e. The Hall–Kier alpha value is -4.04. The Kier molecular flexibility index (Phi) is 10.6. The molecule has 1 aliphatic rings. The average molecular weight is 545 g/mol. The van der Waals surface area contributed by atoms with Crippen LogP contribution < -0.4 is 10.6 Å². The second kappa shape index (κ2) is 13.8. The highest BCUT2D eigenvalue weighted by Gasteiger charge is 2.41. The molecule has 3 rings (SSSR count). The number of phenols is 2. The minimum atomic E-state index is -0.677. The molecule has 0 aromatic heterocycles. The predicted molar refractivity (Wildman–Crippen MR) is 156 cm³/mol. The van der Waals surface area contributed by atoms with E-state index in [1.807, 2.05) is 0 Å². The molecule has 2 aromatic carbocycles. The second-order valence-corrected chi connectivity index (χ2v) is 10.6. The van der Waals surface area contributed by atoms with E-state index in [-0.39, 0.29) is 56.6 Å². The van der Waals surface area contributed by atoms with Gasteiger partial charge in [0.15, 0.2) is 0 Å². The van der Waals surface area contributed by atoms with E-state index in [0.29, 0.717) is 13.1 Å². The van der Waals surface area contributed by atoms with Crippen LogP contribution >= 0.6 is 0 Å². The van der Waals surface area contributed by atoms with Crippen molar-refractivity contribution in [1.82, 2.24) is 0 Å². The van der Waals surface area contributed by atoms with Gasteiger partial charge in [-0.2, -0.15) is 10.5 Å². The van der Waals surface area contributed by atoms with Crippen LogP contribution in [0.3, 0.4) is 0 Å². The summed E-state index contributed by atoms with van der Waals surface area (Å²) in [5, 5.41) is 48.2. The molecule has 0 fully saturated rings. The third kappa shape index (κ3) is 5.92. The lowest BCUT2D eigenvalue weighted by atomic mass is 9.78. The lowest BCUT2D eigenvalue weighted by Gasteiger charge is -2.28. The maximum absolute atomic E-state index is 14.0. The summed E-state index contributed by atoms with van der Waals surface area (Å²) in [5.41, 5.74) is -0.481. The van der Waals surface area contributed by atoms with E-state index in [1.165, 1.54) is 12.1 Å². The summed E-state index contributed by atoms with van der Waals surface area (Å²) in [6.45, 7) is 9.28. The van der Waals surface area contributed by atoms with Gasteiger partial charge >= 0.3 is 0 Å². The summed E-state index contributed by atoms with van der Waals surface area (Å²) in [5.74, 6) is -1.70.